The van der Waals surface area contributed by atoms with Gasteiger partial charge in [0.15, 0.2) is 12.2 Å². The summed E-state index contributed by atoms with van der Waals surface area (Å²) in [5, 5.41) is 26.9. The molecule has 0 spiro atoms. The number of rotatable bonds is 9. The van der Waals surface area contributed by atoms with Crippen molar-refractivity contribution in [2.75, 3.05) is 40.3 Å². The van der Waals surface area contributed by atoms with E-state index in [1.165, 1.54) is 0 Å². The van der Waals surface area contributed by atoms with Gasteiger partial charge in [0, 0.05) is 26.2 Å². The fraction of sp³-hybridized carbons (Fsp3) is 0.800. The van der Waals surface area contributed by atoms with Crippen LogP contribution in [0.15, 0.2) is 0 Å². The van der Waals surface area contributed by atoms with Crippen molar-refractivity contribution in [3.8, 4) is 0 Å². The molecule has 18 heavy (non-hydrogen) atoms. The number of carbonyl (C=O) groups is 2. The fourth-order valence-electron chi connectivity index (χ4n) is 1.11. The van der Waals surface area contributed by atoms with Gasteiger partial charge in [-0.05, 0) is 7.05 Å². The molecule has 0 aliphatic carbocycles. The highest BCUT2D eigenvalue weighted by molar-refractivity contribution is 5.88. The Morgan fingerprint density at radius 2 is 1.72 bits per heavy atom. The molecule has 0 aliphatic heterocycles. The average molecular weight is 263 g/mol. The van der Waals surface area contributed by atoms with Crippen LogP contribution in [0.3, 0.4) is 0 Å². The second-order valence-corrected chi connectivity index (χ2v) is 3.56. The third-order valence-corrected chi connectivity index (χ3v) is 2.16. The van der Waals surface area contributed by atoms with Gasteiger partial charge in [-0.2, -0.15) is 0 Å². The van der Waals surface area contributed by atoms with Gasteiger partial charge >= 0.3 is 5.97 Å². The Morgan fingerprint density at radius 3 is 2.28 bits per heavy atom. The summed E-state index contributed by atoms with van der Waals surface area (Å²) >= 11 is 0. The van der Waals surface area contributed by atoms with E-state index in [4.69, 9.17) is 0 Å². The molecule has 0 saturated heterocycles. The molecule has 1 amide bonds. The van der Waals surface area contributed by atoms with Crippen molar-refractivity contribution in [1.82, 2.24) is 16.0 Å². The van der Waals surface area contributed by atoms with E-state index in [0.717, 1.165) is 20.2 Å². The van der Waals surface area contributed by atoms with E-state index >= 15 is 0 Å². The Morgan fingerprint density at radius 1 is 1.11 bits per heavy atom. The lowest BCUT2D eigenvalue weighted by Gasteiger charge is -2.15. The molecule has 0 aliphatic rings. The number of hydrogen-bond donors (Lipinski definition) is 5. The number of carbonyl (C=O) groups excluding carboxylic acids is 2. The molecule has 2 atom stereocenters. The Labute approximate surface area is 106 Å². The van der Waals surface area contributed by atoms with Crippen molar-refractivity contribution in [3.05, 3.63) is 0 Å². The molecule has 0 aromatic heterocycles. The normalized spacial score (nSPS) is 13.8. The van der Waals surface area contributed by atoms with Crippen LogP contribution < -0.4 is 16.0 Å². The molecule has 0 aromatic rings. The van der Waals surface area contributed by atoms with Crippen LogP contribution in [-0.4, -0.2) is 74.6 Å². The highest BCUT2D eigenvalue weighted by Gasteiger charge is 2.30. The second kappa shape index (κ2) is 9.77. The topological polar surface area (TPSA) is 120 Å². The zero-order valence-corrected chi connectivity index (χ0v) is 10.6. The molecule has 0 bridgehead atoms. The smallest absolute Gasteiger partial charge is 0.338 e. The maximum atomic E-state index is 11.3. The zero-order valence-electron chi connectivity index (χ0n) is 10.6. The minimum absolute atomic E-state index is 0.285. The Kier molecular flexibility index (Phi) is 9.11. The lowest BCUT2D eigenvalue weighted by Crippen LogP contribution is -2.47. The summed E-state index contributed by atoms with van der Waals surface area (Å²) in [5.74, 6) is -1.87. The fourth-order valence-corrected chi connectivity index (χ4v) is 1.11. The predicted molar refractivity (Wildman–Crippen MR) is 63.8 cm³/mol. The van der Waals surface area contributed by atoms with Gasteiger partial charge in [-0.3, -0.25) is 4.79 Å². The maximum absolute atomic E-state index is 11.3. The molecule has 0 unspecified atom stereocenters. The summed E-state index contributed by atoms with van der Waals surface area (Å²) in [4.78, 5) is 22.2. The van der Waals surface area contributed by atoms with E-state index in [9.17, 15) is 19.8 Å². The first kappa shape index (κ1) is 16.8. The van der Waals surface area contributed by atoms with Crippen LogP contribution in [0.25, 0.3) is 0 Å². The second-order valence-electron chi connectivity index (χ2n) is 3.56. The molecule has 0 rings (SSSR count). The molecule has 8 nitrogen and oxygen atoms in total. The van der Waals surface area contributed by atoms with Crippen molar-refractivity contribution in [1.29, 1.82) is 0 Å². The van der Waals surface area contributed by atoms with Crippen molar-refractivity contribution in [3.63, 3.8) is 0 Å². The van der Waals surface area contributed by atoms with Gasteiger partial charge in [0.2, 0.25) is 0 Å². The van der Waals surface area contributed by atoms with E-state index in [-0.39, 0.29) is 6.54 Å². The number of amides is 1. The van der Waals surface area contributed by atoms with E-state index in [1.807, 2.05) is 7.05 Å². The maximum Gasteiger partial charge on any atom is 0.338 e. The number of nitrogens with one attached hydrogen (secondary N) is 3. The first-order valence-electron chi connectivity index (χ1n) is 5.61. The number of hydrogen-bond acceptors (Lipinski definition) is 7. The van der Waals surface area contributed by atoms with Crippen molar-refractivity contribution in [2.45, 2.75) is 12.2 Å². The SMILES string of the molecule is CNCCNCCNC(=O)[C@H](O)[C@@H](O)C(=O)OC. The number of aliphatic hydroxyl groups is 2. The molecule has 0 radical (unpaired) electrons. The summed E-state index contributed by atoms with van der Waals surface area (Å²) in [7, 11) is 2.88. The van der Waals surface area contributed by atoms with Crippen molar-refractivity contribution >= 4 is 11.9 Å². The Hall–Kier alpha value is -1.22. The van der Waals surface area contributed by atoms with Crippen LogP contribution in [0, 0.1) is 0 Å². The first-order valence-corrected chi connectivity index (χ1v) is 5.61. The molecule has 0 heterocycles. The Balaban J connectivity index is 3.77. The molecule has 0 saturated carbocycles. The van der Waals surface area contributed by atoms with E-state index < -0.39 is 24.1 Å². The summed E-state index contributed by atoms with van der Waals surface area (Å²) in [6.45, 7) is 2.36. The molecule has 0 aromatic carbocycles. The van der Waals surface area contributed by atoms with Gasteiger partial charge in [-0.1, -0.05) is 0 Å². The van der Waals surface area contributed by atoms with Crippen LogP contribution in [-0.2, 0) is 14.3 Å². The molecule has 5 N–H and O–H groups in total. The lowest BCUT2D eigenvalue weighted by atomic mass is 10.2. The minimum Gasteiger partial charge on any atom is -0.467 e. The van der Waals surface area contributed by atoms with Crippen LogP contribution in [0.1, 0.15) is 0 Å². The Bertz CT molecular complexity index is 262. The highest BCUT2D eigenvalue weighted by atomic mass is 16.5. The largest absolute Gasteiger partial charge is 0.467 e. The van der Waals surface area contributed by atoms with E-state index in [2.05, 4.69) is 20.7 Å². The number of aliphatic hydroxyl groups excluding tert-OH is 2. The summed E-state index contributed by atoms with van der Waals surface area (Å²) < 4.78 is 4.21. The van der Waals surface area contributed by atoms with Gasteiger partial charge in [-0.25, -0.2) is 4.79 Å². The standard InChI is InChI=1S/C10H21N3O5/c1-11-3-4-12-5-6-13-9(16)7(14)8(15)10(17)18-2/h7-8,11-12,14-15H,3-6H2,1-2H3,(H,13,16)/t7-,8-/m1/s1. The van der Waals surface area contributed by atoms with Crippen molar-refractivity contribution in [2.24, 2.45) is 0 Å². The highest BCUT2D eigenvalue weighted by Crippen LogP contribution is 1.96. The van der Waals surface area contributed by atoms with E-state index in [0.29, 0.717) is 6.54 Å². The molecule has 106 valence electrons. The number of ether oxygens (including phenoxy) is 1. The van der Waals surface area contributed by atoms with Crippen LogP contribution in [0.4, 0.5) is 0 Å². The lowest BCUT2D eigenvalue weighted by molar-refractivity contribution is -0.161. The van der Waals surface area contributed by atoms with Crippen LogP contribution in [0.5, 0.6) is 0 Å². The summed E-state index contributed by atoms with van der Waals surface area (Å²) in [5.41, 5.74) is 0. The van der Waals surface area contributed by atoms with Gasteiger partial charge in [0.25, 0.3) is 5.91 Å². The van der Waals surface area contributed by atoms with Gasteiger partial charge in [-0.15, -0.1) is 0 Å². The van der Waals surface area contributed by atoms with Crippen molar-refractivity contribution < 1.29 is 24.5 Å². The minimum atomic E-state index is -1.87. The number of esters is 1. The van der Waals surface area contributed by atoms with Crippen LogP contribution >= 0.6 is 0 Å². The van der Waals surface area contributed by atoms with Gasteiger partial charge < -0.3 is 30.9 Å². The summed E-state index contributed by atoms with van der Waals surface area (Å²) in [6, 6.07) is 0. The summed E-state index contributed by atoms with van der Waals surface area (Å²) in [6.07, 6.45) is -3.69. The number of likely N-dealkylation sites (N-methyl/N-ethyl adjacent to an activating group) is 1. The quantitative estimate of drug-likeness (QED) is 0.219. The predicted octanol–water partition coefficient (Wildman–Crippen LogP) is -3.19. The van der Waals surface area contributed by atoms with Crippen LogP contribution in [0.2, 0.25) is 0 Å². The van der Waals surface area contributed by atoms with Gasteiger partial charge in [0.05, 0.1) is 7.11 Å². The first-order chi connectivity index (χ1) is 8.54. The zero-order chi connectivity index (χ0) is 14.0. The average Bonchev–Trinajstić information content (AvgIpc) is 2.39. The monoisotopic (exact) mass is 263 g/mol. The third kappa shape index (κ3) is 6.50. The third-order valence-electron chi connectivity index (χ3n) is 2.16. The molecular formula is C10H21N3O5. The molecule has 8 heteroatoms. The number of methoxy groups -OCH3 is 1. The molecule has 0 fully saturated rings. The van der Waals surface area contributed by atoms with E-state index in [1.54, 1.807) is 0 Å². The van der Waals surface area contributed by atoms with Gasteiger partial charge in [0.1, 0.15) is 0 Å². The molecular weight excluding hydrogens is 242 g/mol.